The molecule has 6 heterocycles. The fourth-order valence-electron chi connectivity index (χ4n) is 4.92. The van der Waals surface area contributed by atoms with Crippen LogP contribution in [0.2, 0.25) is 0 Å². The first kappa shape index (κ1) is 41.9. The Morgan fingerprint density at radius 3 is 2.60 bits per heavy atom. The third kappa shape index (κ3) is 9.45. The Bertz CT molecular complexity index is 2170. The number of β-lactam (4-membered cyclic amide) rings is 1. The molecule has 1 fully saturated rings. The number of rotatable bonds is 13. The van der Waals surface area contributed by atoms with Crippen molar-refractivity contribution in [3.8, 4) is 17.1 Å². The Morgan fingerprint density at radius 1 is 1.21 bits per heavy atom. The van der Waals surface area contributed by atoms with Gasteiger partial charge in [-0.2, -0.15) is 4.57 Å². The molecule has 2 atom stereocenters. The molecular formula is C29H23N8Na2O11S3+. The number of carboxylic acids is 2. The van der Waals surface area contributed by atoms with E-state index < -0.39 is 53.0 Å². The summed E-state index contributed by atoms with van der Waals surface area (Å²) in [5.74, 6) is -4.25. The quantitative estimate of drug-likeness (QED) is 0.0244. The zero-order chi connectivity index (χ0) is 36.4. The normalized spacial score (nSPS) is 16.5. The van der Waals surface area contributed by atoms with Crippen LogP contribution in [0.1, 0.15) is 11.5 Å². The number of aliphatic carboxylic acids is 2. The molecule has 0 unspecified atom stereocenters. The van der Waals surface area contributed by atoms with Crippen molar-refractivity contribution in [2.75, 3.05) is 17.2 Å². The molecule has 24 heteroatoms. The Hall–Kier alpha value is -3.87. The predicted molar refractivity (Wildman–Crippen MR) is 177 cm³/mol. The van der Waals surface area contributed by atoms with E-state index in [9.17, 15) is 39.4 Å². The number of anilines is 1. The Kier molecular flexibility index (Phi) is 14.2. The minimum absolute atomic E-state index is 0. The van der Waals surface area contributed by atoms with Crippen molar-refractivity contribution < 1.29 is 108 Å². The van der Waals surface area contributed by atoms with Crippen molar-refractivity contribution >= 4 is 69.5 Å². The van der Waals surface area contributed by atoms with Crippen molar-refractivity contribution in [1.82, 2.24) is 25.1 Å². The van der Waals surface area contributed by atoms with Crippen molar-refractivity contribution in [2.24, 2.45) is 5.16 Å². The summed E-state index contributed by atoms with van der Waals surface area (Å²) in [6, 6.07) is 4.39. The smallest absolute Gasteiger partial charge is 0.869 e. The van der Waals surface area contributed by atoms with Gasteiger partial charge in [0.2, 0.25) is 6.54 Å². The van der Waals surface area contributed by atoms with E-state index >= 15 is 0 Å². The molecule has 5 N–H and O–H groups in total. The van der Waals surface area contributed by atoms with Gasteiger partial charge in [0.25, 0.3) is 11.8 Å². The van der Waals surface area contributed by atoms with E-state index in [4.69, 9.17) is 20.2 Å². The maximum absolute atomic E-state index is 13.5. The number of carboxylic acid groups (broad SMARTS) is 2. The van der Waals surface area contributed by atoms with E-state index in [1.54, 1.807) is 24.5 Å². The van der Waals surface area contributed by atoms with Crippen molar-refractivity contribution in [3.63, 3.8) is 0 Å². The largest absolute Gasteiger partial charge is 1.00 e. The van der Waals surface area contributed by atoms with Crippen LogP contribution in [-0.4, -0.2) is 82.4 Å². The van der Waals surface area contributed by atoms with Gasteiger partial charge < -0.3 is 45.7 Å². The van der Waals surface area contributed by atoms with Crippen LogP contribution < -0.4 is 85.3 Å². The molecule has 53 heavy (non-hydrogen) atoms. The second-order valence-electron chi connectivity index (χ2n) is 10.7. The zero-order valence-corrected chi connectivity index (χ0v) is 34.1. The van der Waals surface area contributed by atoms with Crippen LogP contribution in [0.4, 0.5) is 5.13 Å². The number of aromatic nitrogens is 4. The number of carbonyl (C=O) groups excluding carboxylic acids is 2. The summed E-state index contributed by atoms with van der Waals surface area (Å²) in [7, 11) is 0. The maximum atomic E-state index is 13.5. The van der Waals surface area contributed by atoms with Crippen molar-refractivity contribution in [1.29, 1.82) is 0 Å². The standard InChI is InChI=1S/C29H24N8O11S3.2Na/c30-29-31-17(12-51-29)22(34-47-9-14-5-16(33-48-14)18-6-19(38)20(39)7-36(18)46)25(42)32-23-26(43)37-24(28(44)45)13(11-50-27(23)37)10-49-15-1-3-35(4-2-15)8-21(40)41;;/h1-7,12,23,27,39H,8-11H2,(H2,30,31)(H,32,42)(H,40,41)(H,44,45);;/q;2*+1/p-1/b34-22-;;/t23-,27-;;/m1../s1. The van der Waals surface area contributed by atoms with Gasteiger partial charge in [0.15, 0.2) is 41.0 Å². The first-order valence-corrected chi connectivity index (χ1v) is 17.3. The van der Waals surface area contributed by atoms with Gasteiger partial charge in [-0.1, -0.05) is 10.3 Å². The molecule has 0 saturated carbocycles. The minimum Gasteiger partial charge on any atom is -0.869 e. The molecule has 2 aliphatic heterocycles. The molecule has 2 aliphatic rings. The van der Waals surface area contributed by atoms with Gasteiger partial charge in [0.1, 0.15) is 28.5 Å². The Labute approximate surface area is 354 Å². The number of nitrogens with one attached hydrogen (secondary N) is 1. The SMILES string of the molecule is Nc1nc(/C(=N/OCc2cc(-c3cc(=O)c([O-])cn3[O-])no2)C(=O)N[C@@H]2C(=O)N3C(C(=O)O)=C(CSc4cc[n+](CC(=O)O)cc4)CS[C@H]23)cs1.[Na+].[Na+]. The fraction of sp³-hybridized carbons (Fsp3) is 0.207. The van der Waals surface area contributed by atoms with Gasteiger partial charge in [-0.05, 0) is 17.5 Å². The second-order valence-corrected chi connectivity index (χ2v) is 13.7. The first-order valence-electron chi connectivity index (χ1n) is 14.4. The van der Waals surface area contributed by atoms with Crippen molar-refractivity contribution in [2.45, 2.75) is 29.5 Å². The maximum Gasteiger partial charge on any atom is 1.00 e. The van der Waals surface area contributed by atoms with Crippen LogP contribution in [0.3, 0.4) is 0 Å². The minimum atomic E-state index is -1.30. The van der Waals surface area contributed by atoms with Crippen LogP contribution in [0, 0.1) is 5.21 Å². The zero-order valence-electron chi connectivity index (χ0n) is 27.7. The fourth-order valence-corrected chi connectivity index (χ4v) is 7.84. The summed E-state index contributed by atoms with van der Waals surface area (Å²) in [5, 5.41) is 53.4. The predicted octanol–water partition coefficient (Wildman–Crippen LogP) is -6.21. The van der Waals surface area contributed by atoms with Crippen molar-refractivity contribution in [3.05, 3.63) is 86.4 Å². The summed E-state index contributed by atoms with van der Waals surface area (Å²) in [6.45, 7) is -0.606. The molecule has 4 aromatic heterocycles. The number of hydrogen-bond acceptors (Lipinski definition) is 16. The number of fused-ring (bicyclic) bond motifs is 1. The van der Waals surface area contributed by atoms with E-state index in [1.165, 1.54) is 39.5 Å². The van der Waals surface area contributed by atoms with Gasteiger partial charge in [0.05, 0.1) is 5.69 Å². The van der Waals surface area contributed by atoms with Gasteiger partial charge >= 0.3 is 71.1 Å². The number of nitrogens with two attached hydrogens (primary N) is 1. The number of amides is 2. The third-order valence-electron chi connectivity index (χ3n) is 7.27. The molecule has 0 bridgehead atoms. The summed E-state index contributed by atoms with van der Waals surface area (Å²) < 4.78 is 6.78. The molecule has 1 saturated heterocycles. The number of nitrogens with zero attached hydrogens (tertiary/aromatic N) is 6. The third-order valence-corrected chi connectivity index (χ3v) is 10.4. The van der Waals surface area contributed by atoms with Crippen LogP contribution in [0.15, 0.2) is 78.9 Å². The molecule has 0 radical (unpaired) electrons. The molecule has 0 aliphatic carbocycles. The molecule has 4 aromatic rings. The van der Waals surface area contributed by atoms with E-state index in [0.29, 0.717) is 11.8 Å². The van der Waals surface area contributed by atoms with Gasteiger partial charge in [-0.15, -0.1) is 34.9 Å². The molecule has 19 nitrogen and oxygen atoms in total. The monoisotopic (exact) mass is 801 g/mol. The molecule has 6 rings (SSSR count). The van der Waals surface area contributed by atoms with Crippen LogP contribution in [0.5, 0.6) is 5.75 Å². The van der Waals surface area contributed by atoms with Crippen LogP contribution >= 0.6 is 34.9 Å². The van der Waals surface area contributed by atoms with E-state index in [-0.39, 0.29) is 121 Å². The van der Waals surface area contributed by atoms with Gasteiger partial charge in [-0.3, -0.25) is 19.3 Å². The number of carbonyl (C=O) groups is 4. The summed E-state index contributed by atoms with van der Waals surface area (Å²) >= 11 is 3.62. The van der Waals surface area contributed by atoms with Gasteiger partial charge in [-0.25, -0.2) is 14.6 Å². The number of oxime groups is 1. The topological polar surface area (TPSA) is 283 Å². The number of pyridine rings is 2. The Balaban J connectivity index is 0.00000314. The number of thioether (sulfide) groups is 2. The molecule has 264 valence electrons. The Morgan fingerprint density at radius 2 is 1.94 bits per heavy atom. The molecule has 0 spiro atoms. The average molecular weight is 802 g/mol. The van der Waals surface area contributed by atoms with E-state index in [0.717, 1.165) is 27.2 Å². The first-order chi connectivity index (χ1) is 24.4. The molecule has 0 aromatic carbocycles. The summed E-state index contributed by atoms with van der Waals surface area (Å²) in [4.78, 5) is 73.0. The molecular weight excluding hydrogens is 779 g/mol. The summed E-state index contributed by atoms with van der Waals surface area (Å²) in [6.07, 6.45) is 3.76. The van der Waals surface area contributed by atoms with Crippen LogP contribution in [-0.2, 0) is 37.2 Å². The number of hydrogen-bond donors (Lipinski definition) is 4. The average Bonchev–Trinajstić information content (AvgIpc) is 3.75. The second kappa shape index (κ2) is 18.0. The van der Waals surface area contributed by atoms with E-state index in [1.807, 2.05) is 0 Å². The summed E-state index contributed by atoms with van der Waals surface area (Å²) in [5.41, 5.74) is 4.56. The van der Waals surface area contributed by atoms with Gasteiger partial charge in [0, 0.05) is 46.0 Å². The number of nitrogen functional groups attached to an aromatic ring is 1. The number of thiazole rings is 1. The van der Waals surface area contributed by atoms with E-state index in [2.05, 4.69) is 20.6 Å². The molecule has 2 amide bonds. The van der Waals surface area contributed by atoms with Crippen LogP contribution in [0.25, 0.3) is 11.4 Å².